The van der Waals surface area contributed by atoms with E-state index in [1.807, 2.05) is 65.6 Å². The molecule has 0 aliphatic carbocycles. The summed E-state index contributed by atoms with van der Waals surface area (Å²) in [5, 5.41) is 10.3. The number of aryl methyl sites for hydroxylation is 1. The molecule has 4 aromatic rings. The van der Waals surface area contributed by atoms with E-state index in [9.17, 15) is 4.79 Å². The van der Waals surface area contributed by atoms with Crippen molar-refractivity contribution < 1.29 is 4.79 Å². The Bertz CT molecular complexity index is 1130. The number of thiazole rings is 1. The molecule has 0 saturated carbocycles. The second kappa shape index (κ2) is 8.67. The summed E-state index contributed by atoms with van der Waals surface area (Å²) in [5.74, 6) is -0.182. The van der Waals surface area contributed by atoms with Gasteiger partial charge in [-0.25, -0.2) is 4.98 Å². The van der Waals surface area contributed by atoms with Crippen LogP contribution in [-0.2, 0) is 11.3 Å². The molecule has 5 nitrogen and oxygen atoms in total. The topological polar surface area (TPSA) is 59.8 Å². The van der Waals surface area contributed by atoms with Gasteiger partial charge in [0.1, 0.15) is 0 Å². The molecule has 2 heterocycles. The number of benzene rings is 2. The van der Waals surface area contributed by atoms with Gasteiger partial charge in [-0.2, -0.15) is 5.10 Å². The van der Waals surface area contributed by atoms with Crippen LogP contribution in [0.25, 0.3) is 17.3 Å². The van der Waals surface area contributed by atoms with Crippen LogP contribution in [0.4, 0.5) is 5.69 Å². The number of hydrogen-bond acceptors (Lipinski definition) is 4. The minimum Gasteiger partial charge on any atom is -0.323 e. The van der Waals surface area contributed by atoms with Gasteiger partial charge in [0, 0.05) is 34.5 Å². The molecule has 0 aliphatic heterocycles. The molecule has 0 bridgehead atoms. The van der Waals surface area contributed by atoms with Crippen molar-refractivity contribution in [1.82, 2.24) is 14.8 Å². The Labute approximate surface area is 173 Å². The van der Waals surface area contributed by atoms with Crippen molar-refractivity contribution in [3.8, 4) is 11.3 Å². The molecule has 144 valence electrons. The van der Waals surface area contributed by atoms with Crippen LogP contribution in [0.5, 0.6) is 0 Å². The van der Waals surface area contributed by atoms with E-state index in [1.165, 1.54) is 11.6 Å². The predicted octanol–water partition coefficient (Wildman–Crippen LogP) is 5.02. The molecule has 4 rings (SSSR count). The van der Waals surface area contributed by atoms with Gasteiger partial charge in [-0.1, -0.05) is 42.5 Å². The molecule has 2 aromatic heterocycles. The first kappa shape index (κ1) is 18.8. The summed E-state index contributed by atoms with van der Waals surface area (Å²) in [6.07, 6.45) is 6.94. The van der Waals surface area contributed by atoms with Gasteiger partial charge in [0.25, 0.3) is 0 Å². The largest absolute Gasteiger partial charge is 0.323 e. The number of carbonyl (C=O) groups excluding carboxylic acids is 1. The van der Waals surface area contributed by atoms with Crippen LogP contribution in [0.15, 0.2) is 78.4 Å². The Hall–Kier alpha value is -3.51. The Balaban J connectivity index is 1.34. The van der Waals surface area contributed by atoms with E-state index in [0.29, 0.717) is 6.54 Å². The van der Waals surface area contributed by atoms with E-state index >= 15 is 0 Å². The zero-order valence-corrected chi connectivity index (χ0v) is 16.8. The standard InChI is InChI=1S/C23H20N4OS/c1-17-25-22(16-29-17)20-8-10-21(11-9-20)26-23(28)12-7-19-13-24-27(15-19)14-18-5-3-2-4-6-18/h2-13,15-16H,14H2,1H3,(H,26,28)/b12-7+. The van der Waals surface area contributed by atoms with Gasteiger partial charge in [0.15, 0.2) is 0 Å². The van der Waals surface area contributed by atoms with Crippen molar-refractivity contribution >= 4 is 29.0 Å². The average Bonchev–Trinajstić information content (AvgIpc) is 3.37. The molecule has 0 radical (unpaired) electrons. The first-order chi connectivity index (χ1) is 14.2. The molecule has 1 N–H and O–H groups in total. The maximum absolute atomic E-state index is 12.2. The van der Waals surface area contributed by atoms with Gasteiger partial charge in [-0.15, -0.1) is 11.3 Å². The molecule has 0 fully saturated rings. The van der Waals surface area contributed by atoms with Crippen molar-refractivity contribution in [3.63, 3.8) is 0 Å². The van der Waals surface area contributed by atoms with Gasteiger partial charge < -0.3 is 5.32 Å². The van der Waals surface area contributed by atoms with E-state index in [1.54, 1.807) is 23.6 Å². The number of carbonyl (C=O) groups is 1. The first-order valence-corrected chi connectivity index (χ1v) is 10.1. The summed E-state index contributed by atoms with van der Waals surface area (Å²) in [7, 11) is 0. The summed E-state index contributed by atoms with van der Waals surface area (Å²) < 4.78 is 1.85. The highest BCUT2D eigenvalue weighted by Crippen LogP contribution is 2.23. The molecular weight excluding hydrogens is 380 g/mol. The maximum Gasteiger partial charge on any atom is 0.248 e. The van der Waals surface area contributed by atoms with E-state index < -0.39 is 0 Å². The second-order valence-corrected chi connectivity index (χ2v) is 7.67. The van der Waals surface area contributed by atoms with E-state index in [2.05, 4.69) is 27.5 Å². The van der Waals surface area contributed by atoms with Crippen molar-refractivity contribution in [2.75, 3.05) is 5.32 Å². The molecule has 2 aromatic carbocycles. The van der Waals surface area contributed by atoms with E-state index in [4.69, 9.17) is 0 Å². The highest BCUT2D eigenvalue weighted by atomic mass is 32.1. The van der Waals surface area contributed by atoms with Gasteiger partial charge >= 0.3 is 0 Å². The molecule has 0 saturated heterocycles. The number of hydrogen-bond donors (Lipinski definition) is 1. The molecular formula is C23H20N4OS. The fourth-order valence-corrected chi connectivity index (χ4v) is 3.52. The number of rotatable bonds is 6. The molecule has 0 aliphatic rings. The maximum atomic E-state index is 12.2. The number of nitrogens with zero attached hydrogens (tertiary/aromatic N) is 3. The molecule has 29 heavy (non-hydrogen) atoms. The quantitative estimate of drug-likeness (QED) is 0.463. The lowest BCUT2D eigenvalue weighted by Crippen LogP contribution is -2.07. The third-order valence-electron chi connectivity index (χ3n) is 4.33. The number of amides is 1. The molecule has 0 unspecified atom stereocenters. The monoisotopic (exact) mass is 400 g/mol. The Morgan fingerprint density at radius 2 is 1.93 bits per heavy atom. The summed E-state index contributed by atoms with van der Waals surface area (Å²) in [4.78, 5) is 16.7. The van der Waals surface area contributed by atoms with Crippen molar-refractivity contribution in [1.29, 1.82) is 0 Å². The predicted molar refractivity (Wildman–Crippen MR) is 118 cm³/mol. The molecule has 0 atom stereocenters. The number of nitrogens with one attached hydrogen (secondary N) is 1. The van der Waals surface area contributed by atoms with Gasteiger partial charge in [-0.05, 0) is 30.7 Å². The lowest BCUT2D eigenvalue weighted by molar-refractivity contribution is -0.111. The van der Waals surface area contributed by atoms with Crippen LogP contribution in [-0.4, -0.2) is 20.7 Å². The van der Waals surface area contributed by atoms with Gasteiger partial charge in [0.05, 0.1) is 23.4 Å². The number of aromatic nitrogens is 3. The minimum atomic E-state index is -0.182. The molecule has 0 spiro atoms. The smallest absolute Gasteiger partial charge is 0.248 e. The van der Waals surface area contributed by atoms with Crippen LogP contribution < -0.4 is 5.32 Å². The van der Waals surface area contributed by atoms with Crippen molar-refractivity contribution in [2.24, 2.45) is 0 Å². The van der Waals surface area contributed by atoms with Gasteiger partial charge in [0.2, 0.25) is 5.91 Å². The lowest BCUT2D eigenvalue weighted by atomic mass is 10.1. The molecule has 1 amide bonds. The van der Waals surface area contributed by atoms with Crippen molar-refractivity contribution in [3.05, 3.63) is 94.6 Å². The highest BCUT2D eigenvalue weighted by Gasteiger charge is 2.04. The molecule has 6 heteroatoms. The number of anilines is 1. The Morgan fingerprint density at radius 1 is 1.14 bits per heavy atom. The average molecular weight is 401 g/mol. The lowest BCUT2D eigenvalue weighted by Gasteiger charge is -2.03. The second-order valence-electron chi connectivity index (χ2n) is 6.61. The van der Waals surface area contributed by atoms with Crippen LogP contribution in [0, 0.1) is 6.92 Å². The third-order valence-corrected chi connectivity index (χ3v) is 5.11. The van der Waals surface area contributed by atoms with Crippen molar-refractivity contribution in [2.45, 2.75) is 13.5 Å². The van der Waals surface area contributed by atoms with Crippen LogP contribution >= 0.6 is 11.3 Å². The minimum absolute atomic E-state index is 0.182. The first-order valence-electron chi connectivity index (χ1n) is 9.24. The summed E-state index contributed by atoms with van der Waals surface area (Å²) >= 11 is 1.62. The van der Waals surface area contributed by atoms with E-state index in [0.717, 1.165) is 27.5 Å². The summed E-state index contributed by atoms with van der Waals surface area (Å²) in [6.45, 7) is 2.69. The fourth-order valence-electron chi connectivity index (χ4n) is 2.90. The van der Waals surface area contributed by atoms with E-state index in [-0.39, 0.29) is 5.91 Å². The fraction of sp³-hybridized carbons (Fsp3) is 0.0870. The zero-order valence-electron chi connectivity index (χ0n) is 15.9. The normalized spacial score (nSPS) is 11.1. The summed E-state index contributed by atoms with van der Waals surface area (Å²) in [5.41, 5.74) is 4.80. The van der Waals surface area contributed by atoms with Crippen LogP contribution in [0.1, 0.15) is 16.1 Å². The SMILES string of the molecule is Cc1nc(-c2ccc(NC(=O)/C=C/c3cnn(Cc4ccccc4)c3)cc2)cs1. The third kappa shape index (κ3) is 5.06. The zero-order chi connectivity index (χ0) is 20.1. The Kier molecular flexibility index (Phi) is 5.63. The van der Waals surface area contributed by atoms with Crippen LogP contribution in [0.2, 0.25) is 0 Å². The summed E-state index contributed by atoms with van der Waals surface area (Å²) in [6, 6.07) is 17.8. The highest BCUT2D eigenvalue weighted by molar-refractivity contribution is 7.09. The van der Waals surface area contributed by atoms with Crippen LogP contribution in [0.3, 0.4) is 0 Å². The van der Waals surface area contributed by atoms with Gasteiger partial charge in [-0.3, -0.25) is 9.48 Å². The Morgan fingerprint density at radius 3 is 2.66 bits per heavy atom.